The zero-order valence-corrected chi connectivity index (χ0v) is 10.1. The molecule has 0 amide bonds. The van der Waals surface area contributed by atoms with Gasteiger partial charge in [0.15, 0.2) is 0 Å². The van der Waals surface area contributed by atoms with Crippen molar-refractivity contribution in [1.29, 1.82) is 0 Å². The van der Waals surface area contributed by atoms with Crippen molar-refractivity contribution in [2.24, 2.45) is 0 Å². The predicted molar refractivity (Wildman–Crippen MR) is 45.4 cm³/mol. The summed E-state index contributed by atoms with van der Waals surface area (Å²) in [6, 6.07) is 0. The van der Waals surface area contributed by atoms with Crippen molar-refractivity contribution < 1.29 is 20.4 Å². The van der Waals surface area contributed by atoms with Gasteiger partial charge in [0, 0.05) is 20.4 Å². The molecule has 1 aliphatic carbocycles. The summed E-state index contributed by atoms with van der Waals surface area (Å²) in [4.78, 5) is 0. The Balaban J connectivity index is 0.000001000. The van der Waals surface area contributed by atoms with Gasteiger partial charge < -0.3 is 19.3 Å². The predicted octanol–water partition coefficient (Wildman–Crippen LogP) is 3.30. The molecule has 0 heterocycles. The first-order chi connectivity index (χ1) is 4.74. The molecular weight excluding hydrogens is 306 g/mol. The Labute approximate surface area is 84.1 Å². The van der Waals surface area contributed by atoms with Crippen LogP contribution in [0.15, 0.2) is 11.1 Å². The van der Waals surface area contributed by atoms with E-state index in [4.69, 9.17) is 0 Å². The summed E-state index contributed by atoms with van der Waals surface area (Å²) in [6.07, 6.45) is 4.81. The van der Waals surface area contributed by atoms with E-state index in [0.717, 1.165) is 6.42 Å². The largest absolute Gasteiger partial charge is 0.372 e. The van der Waals surface area contributed by atoms with Crippen molar-refractivity contribution >= 4 is 0 Å². The summed E-state index contributed by atoms with van der Waals surface area (Å²) in [5, 5.41) is 0. The molecule has 11 heavy (non-hydrogen) atoms. The molecule has 0 saturated heterocycles. The fourth-order valence-corrected chi connectivity index (χ4v) is 1.41. The summed E-state index contributed by atoms with van der Waals surface area (Å²) < 4.78 is 0. The first-order valence-electron chi connectivity index (χ1n) is 4.02. The Bertz CT molecular complexity index is 147. The number of rotatable bonds is 1. The Morgan fingerprint density at radius 1 is 1.36 bits per heavy atom. The smallest absolute Gasteiger partial charge is 0 e. The molecule has 0 nitrogen and oxygen atoms in total. The molecule has 0 N–H and O–H groups in total. The van der Waals surface area contributed by atoms with Crippen LogP contribution in [0.1, 0.15) is 39.5 Å². The minimum absolute atomic E-state index is 0. The van der Waals surface area contributed by atoms with Crippen molar-refractivity contribution in [2.45, 2.75) is 39.5 Å². The quantitative estimate of drug-likeness (QED) is 0.513. The third-order valence-corrected chi connectivity index (χ3v) is 2.45. The summed E-state index contributed by atoms with van der Waals surface area (Å²) in [6.45, 7) is 8.39. The van der Waals surface area contributed by atoms with E-state index in [9.17, 15) is 0 Å². The molecule has 0 unspecified atom stereocenters. The van der Waals surface area contributed by atoms with E-state index < -0.39 is 0 Å². The second-order valence-electron chi connectivity index (χ2n) is 3.24. The van der Waals surface area contributed by atoms with Gasteiger partial charge in [-0.3, -0.25) is 0 Å². The van der Waals surface area contributed by atoms with Gasteiger partial charge in [-0.25, -0.2) is 0 Å². The van der Waals surface area contributed by atoms with E-state index in [1.165, 1.54) is 19.3 Å². The topological polar surface area (TPSA) is 0 Å². The summed E-state index contributed by atoms with van der Waals surface area (Å²) in [5.41, 5.74) is 3.17. The maximum atomic E-state index is 3.91. The van der Waals surface area contributed by atoms with Crippen molar-refractivity contribution in [3.8, 4) is 0 Å². The molecule has 0 aromatic rings. The van der Waals surface area contributed by atoms with E-state index >= 15 is 0 Å². The molecule has 1 rings (SSSR count). The average molecular weight is 322 g/mol. The van der Waals surface area contributed by atoms with Crippen LogP contribution in [-0.4, -0.2) is 0 Å². The van der Waals surface area contributed by atoms with Gasteiger partial charge in [0.05, 0.1) is 0 Å². The molecule has 65 valence electrons. The maximum Gasteiger partial charge on any atom is 0 e. The van der Waals surface area contributed by atoms with Gasteiger partial charge in [-0.1, -0.05) is 12.0 Å². The third kappa shape index (κ3) is 3.10. The Kier molecular flexibility index (Phi) is 5.31. The van der Waals surface area contributed by atoms with Crippen LogP contribution in [0.2, 0.25) is 0 Å². The van der Waals surface area contributed by atoms with Crippen LogP contribution in [0.4, 0.5) is 0 Å². The van der Waals surface area contributed by atoms with Crippen molar-refractivity contribution in [3.05, 3.63) is 24.0 Å². The van der Waals surface area contributed by atoms with Gasteiger partial charge in [0.1, 0.15) is 0 Å². The molecule has 0 bridgehead atoms. The molecule has 1 radical (unpaired) electrons. The van der Waals surface area contributed by atoms with Crippen LogP contribution in [0.25, 0.3) is 0 Å². The number of hydrogen-bond acceptors (Lipinski definition) is 0. The molecule has 0 spiro atoms. The van der Waals surface area contributed by atoms with Gasteiger partial charge in [0.25, 0.3) is 0 Å². The minimum Gasteiger partial charge on any atom is -0.372 e. The molecule has 0 aliphatic heterocycles. The Hall–Kier alpha value is 0.402. The SMILES string of the molecule is [CH2-]C[C-]1CCC(C)=C(C)C1.[Re]. The number of allylic oxidation sites excluding steroid dienone is 2. The van der Waals surface area contributed by atoms with E-state index in [-0.39, 0.29) is 20.4 Å². The van der Waals surface area contributed by atoms with Gasteiger partial charge in [-0.15, -0.1) is 5.57 Å². The monoisotopic (exact) mass is 323 g/mol. The van der Waals surface area contributed by atoms with Crippen LogP contribution in [0.3, 0.4) is 0 Å². The fraction of sp³-hybridized carbons (Fsp3) is 0.600. The van der Waals surface area contributed by atoms with Gasteiger partial charge in [-0.05, 0) is 13.8 Å². The molecule has 0 fully saturated rings. The van der Waals surface area contributed by atoms with Gasteiger partial charge in [0.2, 0.25) is 0 Å². The molecule has 0 saturated carbocycles. The van der Waals surface area contributed by atoms with E-state index in [2.05, 4.69) is 20.8 Å². The molecule has 0 atom stereocenters. The zero-order valence-electron chi connectivity index (χ0n) is 7.41. The van der Waals surface area contributed by atoms with E-state index in [1.807, 2.05) is 0 Å². The Morgan fingerprint density at radius 3 is 2.45 bits per heavy atom. The molecular formula is C10H16Re-2. The van der Waals surface area contributed by atoms with Crippen LogP contribution in [0.5, 0.6) is 0 Å². The summed E-state index contributed by atoms with van der Waals surface area (Å²) in [5.74, 6) is 1.63. The fourth-order valence-electron chi connectivity index (χ4n) is 1.41. The molecule has 1 aliphatic rings. The van der Waals surface area contributed by atoms with E-state index in [0.29, 0.717) is 0 Å². The van der Waals surface area contributed by atoms with Gasteiger partial charge in [-0.2, -0.15) is 12.8 Å². The van der Waals surface area contributed by atoms with Crippen LogP contribution in [-0.2, 0) is 20.4 Å². The second kappa shape index (κ2) is 5.12. The summed E-state index contributed by atoms with van der Waals surface area (Å²) >= 11 is 0. The maximum absolute atomic E-state index is 3.91. The zero-order chi connectivity index (χ0) is 7.56. The first-order valence-corrected chi connectivity index (χ1v) is 4.02. The molecule has 0 aromatic heterocycles. The average Bonchev–Trinajstić information content (AvgIpc) is 1.95. The first kappa shape index (κ1) is 11.4. The molecule has 0 aromatic carbocycles. The van der Waals surface area contributed by atoms with Crippen molar-refractivity contribution in [2.75, 3.05) is 0 Å². The number of hydrogen-bond donors (Lipinski definition) is 0. The van der Waals surface area contributed by atoms with Crippen LogP contribution >= 0.6 is 0 Å². The van der Waals surface area contributed by atoms with Crippen molar-refractivity contribution in [1.82, 2.24) is 0 Å². The van der Waals surface area contributed by atoms with E-state index in [1.54, 1.807) is 17.1 Å². The van der Waals surface area contributed by atoms with Crippen LogP contribution < -0.4 is 0 Å². The third-order valence-electron chi connectivity index (χ3n) is 2.45. The van der Waals surface area contributed by atoms with Crippen molar-refractivity contribution in [3.63, 3.8) is 0 Å². The Morgan fingerprint density at radius 2 is 2.00 bits per heavy atom. The molecule has 1 heteroatoms. The second-order valence-corrected chi connectivity index (χ2v) is 3.24. The normalized spacial score (nSPS) is 19.9. The van der Waals surface area contributed by atoms with Crippen LogP contribution in [0, 0.1) is 12.8 Å². The van der Waals surface area contributed by atoms with Gasteiger partial charge >= 0.3 is 0 Å². The minimum atomic E-state index is 0. The standard InChI is InChI=1S/C10H16.Re/c1-4-10-6-5-8(2)9(3)7-10;/h1,4-7H2,2-3H3;/q-2;. The summed E-state index contributed by atoms with van der Waals surface area (Å²) in [7, 11) is 0.